The van der Waals surface area contributed by atoms with Gasteiger partial charge in [0, 0.05) is 19.6 Å². The molecule has 124 valence electrons. The van der Waals surface area contributed by atoms with Gasteiger partial charge in [0.1, 0.15) is 17.1 Å². The fourth-order valence-electron chi connectivity index (χ4n) is 3.56. The second kappa shape index (κ2) is 6.71. The molecule has 0 saturated carbocycles. The first kappa shape index (κ1) is 16.0. The van der Waals surface area contributed by atoms with Gasteiger partial charge in [0.15, 0.2) is 0 Å². The van der Waals surface area contributed by atoms with Gasteiger partial charge in [-0.15, -0.1) is 0 Å². The Balaban J connectivity index is 1.62. The molecular formula is C17H28N2O3. The van der Waals surface area contributed by atoms with E-state index in [4.69, 9.17) is 13.9 Å². The highest BCUT2D eigenvalue weighted by Crippen LogP contribution is 2.33. The van der Waals surface area contributed by atoms with E-state index in [9.17, 15) is 0 Å². The van der Waals surface area contributed by atoms with Crippen molar-refractivity contribution in [3.05, 3.63) is 23.7 Å². The number of ether oxygens (including phenoxy) is 2. The van der Waals surface area contributed by atoms with E-state index in [1.807, 2.05) is 13.0 Å². The summed E-state index contributed by atoms with van der Waals surface area (Å²) < 4.78 is 18.0. The molecule has 0 aromatic carbocycles. The number of likely N-dealkylation sites (N-methyl/N-ethyl adjacent to an activating group) is 1. The van der Waals surface area contributed by atoms with Crippen LogP contribution in [-0.4, -0.2) is 68.4 Å². The summed E-state index contributed by atoms with van der Waals surface area (Å²) in [5.41, 5.74) is -0.140. The molecule has 0 unspecified atom stereocenters. The smallest absolute Gasteiger partial charge is 0.118 e. The molecule has 2 atom stereocenters. The first-order valence-electron chi connectivity index (χ1n) is 8.23. The van der Waals surface area contributed by atoms with E-state index in [1.165, 1.54) is 0 Å². The molecule has 2 aliphatic heterocycles. The topological polar surface area (TPSA) is 38.1 Å². The zero-order valence-electron chi connectivity index (χ0n) is 14.0. The molecule has 1 spiro atoms. The first-order valence-corrected chi connectivity index (χ1v) is 8.23. The Morgan fingerprint density at radius 2 is 2.23 bits per heavy atom. The van der Waals surface area contributed by atoms with Crippen molar-refractivity contribution < 1.29 is 13.9 Å². The molecule has 22 heavy (non-hydrogen) atoms. The number of rotatable bonds is 4. The Bertz CT molecular complexity index is 488. The highest BCUT2D eigenvalue weighted by Gasteiger charge is 2.43. The standard InChI is InChI=1S/C17H28N2O3/c1-14-4-5-15(21-14)11-19-8-9-20-13-17(12-19)7-6-16(22-17)10-18(2)3/h4-5,16H,6-13H2,1-3H3/t16-,17-/m1/s1. The average Bonchev–Trinajstić information content (AvgIpc) is 2.95. The Kier molecular flexibility index (Phi) is 4.88. The van der Waals surface area contributed by atoms with E-state index in [-0.39, 0.29) is 5.60 Å². The Hall–Kier alpha value is -0.880. The summed E-state index contributed by atoms with van der Waals surface area (Å²) in [7, 11) is 4.20. The van der Waals surface area contributed by atoms with Crippen LogP contribution in [0.1, 0.15) is 24.4 Å². The van der Waals surface area contributed by atoms with Gasteiger partial charge >= 0.3 is 0 Å². The second-order valence-electron chi connectivity index (χ2n) is 7.00. The summed E-state index contributed by atoms with van der Waals surface area (Å²) in [6.45, 7) is 7.15. The largest absolute Gasteiger partial charge is 0.465 e. The predicted molar refractivity (Wildman–Crippen MR) is 84.9 cm³/mol. The number of nitrogens with zero attached hydrogens (tertiary/aromatic N) is 2. The van der Waals surface area contributed by atoms with Crippen molar-refractivity contribution in [2.45, 2.75) is 38.0 Å². The quantitative estimate of drug-likeness (QED) is 0.849. The molecule has 0 amide bonds. The lowest BCUT2D eigenvalue weighted by molar-refractivity contribution is -0.0904. The van der Waals surface area contributed by atoms with E-state index in [0.717, 1.165) is 57.1 Å². The third kappa shape index (κ3) is 3.90. The van der Waals surface area contributed by atoms with Crippen LogP contribution >= 0.6 is 0 Å². The monoisotopic (exact) mass is 308 g/mol. The van der Waals surface area contributed by atoms with Gasteiger partial charge in [-0.1, -0.05) is 0 Å². The van der Waals surface area contributed by atoms with Crippen molar-refractivity contribution >= 4 is 0 Å². The average molecular weight is 308 g/mol. The number of aryl methyl sites for hydroxylation is 1. The van der Waals surface area contributed by atoms with Gasteiger partial charge in [-0.25, -0.2) is 0 Å². The van der Waals surface area contributed by atoms with E-state index >= 15 is 0 Å². The molecule has 1 aromatic heterocycles. The molecule has 2 fully saturated rings. The summed E-state index contributed by atoms with van der Waals surface area (Å²) in [5.74, 6) is 2.00. The second-order valence-corrected chi connectivity index (χ2v) is 7.00. The lowest BCUT2D eigenvalue weighted by atomic mass is 10.00. The molecule has 2 aliphatic rings. The molecule has 2 saturated heterocycles. The fraction of sp³-hybridized carbons (Fsp3) is 0.765. The Morgan fingerprint density at radius 1 is 1.36 bits per heavy atom. The molecule has 5 nitrogen and oxygen atoms in total. The SMILES string of the molecule is Cc1ccc(CN2CCOC[C@@]3(CC[C@H](CN(C)C)O3)C2)o1. The van der Waals surface area contributed by atoms with Crippen LogP contribution in [0, 0.1) is 6.92 Å². The lowest BCUT2D eigenvalue weighted by Gasteiger charge is -2.32. The van der Waals surface area contributed by atoms with E-state index in [2.05, 4.69) is 30.0 Å². The van der Waals surface area contributed by atoms with Gasteiger partial charge in [-0.05, 0) is 46.0 Å². The molecular weight excluding hydrogens is 280 g/mol. The third-order valence-corrected chi connectivity index (χ3v) is 4.51. The van der Waals surface area contributed by atoms with Crippen molar-refractivity contribution in [3.63, 3.8) is 0 Å². The molecule has 0 bridgehead atoms. The maximum Gasteiger partial charge on any atom is 0.118 e. The summed E-state index contributed by atoms with van der Waals surface area (Å²) >= 11 is 0. The lowest BCUT2D eigenvalue weighted by Crippen LogP contribution is -2.44. The molecule has 0 aliphatic carbocycles. The van der Waals surface area contributed by atoms with Crippen LogP contribution in [0.15, 0.2) is 16.5 Å². The predicted octanol–water partition coefficient (Wildman–Crippen LogP) is 1.90. The molecule has 1 aromatic rings. The summed E-state index contributed by atoms with van der Waals surface area (Å²) in [6, 6.07) is 4.09. The van der Waals surface area contributed by atoms with E-state index < -0.39 is 0 Å². The highest BCUT2D eigenvalue weighted by atomic mass is 16.6. The van der Waals surface area contributed by atoms with Crippen LogP contribution < -0.4 is 0 Å². The zero-order chi connectivity index (χ0) is 15.6. The minimum atomic E-state index is -0.140. The summed E-state index contributed by atoms with van der Waals surface area (Å²) in [6.07, 6.45) is 2.53. The minimum absolute atomic E-state index is 0.140. The molecule has 0 radical (unpaired) electrons. The summed E-state index contributed by atoms with van der Waals surface area (Å²) in [4.78, 5) is 4.61. The van der Waals surface area contributed by atoms with Crippen molar-refractivity contribution in [1.29, 1.82) is 0 Å². The van der Waals surface area contributed by atoms with Gasteiger partial charge in [0.05, 0.1) is 25.9 Å². The van der Waals surface area contributed by atoms with Gasteiger partial charge in [0.2, 0.25) is 0 Å². The van der Waals surface area contributed by atoms with Gasteiger partial charge in [-0.2, -0.15) is 0 Å². The molecule has 5 heteroatoms. The third-order valence-electron chi connectivity index (χ3n) is 4.51. The van der Waals surface area contributed by atoms with Crippen molar-refractivity contribution in [3.8, 4) is 0 Å². The van der Waals surface area contributed by atoms with Gasteiger partial charge in [-0.3, -0.25) is 4.90 Å². The maximum absolute atomic E-state index is 6.41. The number of hydrogen-bond donors (Lipinski definition) is 0. The van der Waals surface area contributed by atoms with Gasteiger partial charge in [0.25, 0.3) is 0 Å². The van der Waals surface area contributed by atoms with E-state index in [1.54, 1.807) is 0 Å². The van der Waals surface area contributed by atoms with Crippen molar-refractivity contribution in [2.75, 3.05) is 46.9 Å². The minimum Gasteiger partial charge on any atom is -0.465 e. The molecule has 3 rings (SSSR count). The normalized spacial score (nSPS) is 30.3. The first-order chi connectivity index (χ1) is 10.5. The maximum atomic E-state index is 6.41. The zero-order valence-corrected chi connectivity index (χ0v) is 14.0. The van der Waals surface area contributed by atoms with E-state index in [0.29, 0.717) is 12.7 Å². The highest BCUT2D eigenvalue weighted by molar-refractivity contribution is 5.06. The van der Waals surface area contributed by atoms with Crippen LogP contribution in [0.5, 0.6) is 0 Å². The Morgan fingerprint density at radius 3 is 2.95 bits per heavy atom. The van der Waals surface area contributed by atoms with Crippen LogP contribution in [0.2, 0.25) is 0 Å². The number of furan rings is 1. The molecule has 3 heterocycles. The van der Waals surface area contributed by atoms with Crippen LogP contribution in [0.4, 0.5) is 0 Å². The van der Waals surface area contributed by atoms with Crippen LogP contribution in [0.3, 0.4) is 0 Å². The van der Waals surface area contributed by atoms with Crippen LogP contribution in [0.25, 0.3) is 0 Å². The fourth-order valence-corrected chi connectivity index (χ4v) is 3.56. The summed E-state index contributed by atoms with van der Waals surface area (Å²) in [5, 5.41) is 0. The number of hydrogen-bond acceptors (Lipinski definition) is 5. The van der Waals surface area contributed by atoms with Crippen molar-refractivity contribution in [1.82, 2.24) is 9.80 Å². The van der Waals surface area contributed by atoms with Gasteiger partial charge < -0.3 is 18.8 Å². The van der Waals surface area contributed by atoms with Crippen LogP contribution in [-0.2, 0) is 16.0 Å². The Labute approximate surface area is 133 Å². The van der Waals surface area contributed by atoms with Crippen molar-refractivity contribution in [2.24, 2.45) is 0 Å². The molecule has 0 N–H and O–H groups in total.